The quantitative estimate of drug-likeness (QED) is 0.501. The van der Waals surface area contributed by atoms with Crippen LogP contribution in [-0.4, -0.2) is 53.4 Å². The minimum atomic E-state index is 0.277. The zero-order valence-electron chi connectivity index (χ0n) is 6.72. The lowest BCUT2D eigenvalue weighted by molar-refractivity contribution is -0.129. The van der Waals surface area contributed by atoms with Crippen molar-refractivity contribution < 1.29 is 4.79 Å². The summed E-state index contributed by atoms with van der Waals surface area (Å²) in [5, 5.41) is 0. The van der Waals surface area contributed by atoms with Crippen molar-refractivity contribution in [1.29, 1.82) is 0 Å². The van der Waals surface area contributed by atoms with Gasteiger partial charge in [-0.3, -0.25) is 4.79 Å². The Kier molecular flexibility index (Phi) is 3.58. The summed E-state index contributed by atoms with van der Waals surface area (Å²) in [6.07, 6.45) is 0. The van der Waals surface area contributed by atoms with Crippen molar-refractivity contribution >= 4 is 28.5 Å². The van der Waals surface area contributed by atoms with Gasteiger partial charge in [0.05, 0.1) is 4.43 Å². The Balaban J connectivity index is 2.33. The Morgan fingerprint density at radius 3 is 2.36 bits per heavy atom. The highest BCUT2D eigenvalue weighted by atomic mass is 127. The minimum Gasteiger partial charge on any atom is -0.339 e. The molecule has 0 N–H and O–H groups in total. The predicted octanol–water partition coefficient (Wildman–Crippen LogP) is 0.195. The number of likely N-dealkylation sites (N-methyl/N-ethyl adjacent to an activating group) is 1. The van der Waals surface area contributed by atoms with Crippen LogP contribution in [0.15, 0.2) is 0 Å². The highest BCUT2D eigenvalue weighted by Gasteiger charge is 2.17. The van der Waals surface area contributed by atoms with Crippen molar-refractivity contribution in [2.75, 3.05) is 37.7 Å². The fourth-order valence-electron chi connectivity index (χ4n) is 1.14. The lowest BCUT2D eigenvalue weighted by Crippen LogP contribution is -2.47. The molecule has 3 nitrogen and oxygen atoms in total. The first-order valence-electron chi connectivity index (χ1n) is 3.76. The van der Waals surface area contributed by atoms with E-state index in [4.69, 9.17) is 0 Å². The van der Waals surface area contributed by atoms with Crippen LogP contribution < -0.4 is 0 Å². The molecule has 1 amide bonds. The molecule has 64 valence electrons. The molecule has 1 aliphatic rings. The fourth-order valence-corrected chi connectivity index (χ4v) is 1.62. The third kappa shape index (κ3) is 2.59. The van der Waals surface area contributed by atoms with E-state index in [9.17, 15) is 4.79 Å². The van der Waals surface area contributed by atoms with Crippen molar-refractivity contribution in [3.63, 3.8) is 0 Å². The number of rotatable bonds is 1. The molecule has 1 rings (SSSR count). The maximum Gasteiger partial charge on any atom is 0.232 e. The first-order chi connectivity index (χ1) is 5.24. The molecule has 4 heteroatoms. The third-order valence-electron chi connectivity index (χ3n) is 1.97. The molecule has 0 aromatic carbocycles. The summed E-state index contributed by atoms with van der Waals surface area (Å²) in [7, 11) is 2.09. The third-order valence-corrected chi connectivity index (χ3v) is 2.62. The standard InChI is InChI=1S/C7H13IN2O/c1-9-2-4-10(5-3-9)7(11)6-8/h2-6H2,1H3. The van der Waals surface area contributed by atoms with E-state index < -0.39 is 0 Å². The zero-order chi connectivity index (χ0) is 8.27. The average molecular weight is 268 g/mol. The highest BCUT2D eigenvalue weighted by Crippen LogP contribution is 2.00. The Bertz CT molecular complexity index is 143. The normalized spacial score (nSPS) is 20.4. The number of hydrogen-bond acceptors (Lipinski definition) is 2. The zero-order valence-corrected chi connectivity index (χ0v) is 8.87. The van der Waals surface area contributed by atoms with E-state index in [1.54, 1.807) is 0 Å². The van der Waals surface area contributed by atoms with E-state index in [1.807, 2.05) is 4.90 Å². The number of hydrogen-bond donors (Lipinski definition) is 0. The van der Waals surface area contributed by atoms with Crippen LogP contribution in [0, 0.1) is 0 Å². The smallest absolute Gasteiger partial charge is 0.232 e. The van der Waals surface area contributed by atoms with E-state index in [1.165, 1.54) is 0 Å². The van der Waals surface area contributed by atoms with Gasteiger partial charge < -0.3 is 9.80 Å². The average Bonchev–Trinajstić information content (AvgIpc) is 2.05. The van der Waals surface area contributed by atoms with Gasteiger partial charge in [0, 0.05) is 26.2 Å². The van der Waals surface area contributed by atoms with Crippen LogP contribution in [0.3, 0.4) is 0 Å². The van der Waals surface area contributed by atoms with Crippen molar-refractivity contribution in [1.82, 2.24) is 9.80 Å². The lowest BCUT2D eigenvalue weighted by Gasteiger charge is -2.31. The molecule has 11 heavy (non-hydrogen) atoms. The Morgan fingerprint density at radius 2 is 1.91 bits per heavy atom. The van der Waals surface area contributed by atoms with Gasteiger partial charge in [-0.2, -0.15) is 0 Å². The lowest BCUT2D eigenvalue weighted by atomic mass is 10.3. The maximum absolute atomic E-state index is 11.2. The van der Waals surface area contributed by atoms with Gasteiger partial charge in [-0.15, -0.1) is 0 Å². The van der Waals surface area contributed by atoms with E-state index in [0.29, 0.717) is 4.43 Å². The summed E-state index contributed by atoms with van der Waals surface area (Å²) in [4.78, 5) is 15.4. The molecule has 1 saturated heterocycles. The van der Waals surface area contributed by atoms with Crippen LogP contribution in [0.2, 0.25) is 0 Å². The Labute approximate surface area is 80.9 Å². The van der Waals surface area contributed by atoms with Crippen LogP contribution in [0.25, 0.3) is 0 Å². The molecule has 0 atom stereocenters. The molecule has 0 aromatic heterocycles. The molecule has 1 heterocycles. The summed E-state index contributed by atoms with van der Waals surface area (Å²) in [5.41, 5.74) is 0. The molecule has 0 spiro atoms. The van der Waals surface area contributed by atoms with Crippen molar-refractivity contribution in [3.05, 3.63) is 0 Å². The summed E-state index contributed by atoms with van der Waals surface area (Å²) in [6.45, 7) is 3.83. The van der Waals surface area contributed by atoms with Crippen LogP contribution in [-0.2, 0) is 4.79 Å². The SMILES string of the molecule is CN1CCN(C(=O)CI)CC1. The van der Waals surface area contributed by atoms with Crippen molar-refractivity contribution in [2.45, 2.75) is 0 Å². The van der Waals surface area contributed by atoms with Gasteiger partial charge in [-0.05, 0) is 7.05 Å². The molecule has 0 bridgehead atoms. The number of alkyl halides is 1. The van der Waals surface area contributed by atoms with E-state index >= 15 is 0 Å². The van der Waals surface area contributed by atoms with Crippen molar-refractivity contribution in [3.8, 4) is 0 Å². The topological polar surface area (TPSA) is 23.6 Å². The number of carbonyl (C=O) groups is 1. The molecular weight excluding hydrogens is 255 g/mol. The van der Waals surface area contributed by atoms with Crippen LogP contribution in [0.5, 0.6) is 0 Å². The maximum atomic E-state index is 11.2. The minimum absolute atomic E-state index is 0.277. The van der Waals surface area contributed by atoms with Crippen LogP contribution in [0.1, 0.15) is 0 Å². The van der Waals surface area contributed by atoms with Gasteiger partial charge in [0.25, 0.3) is 0 Å². The highest BCUT2D eigenvalue weighted by molar-refractivity contribution is 14.1. The molecular formula is C7H13IN2O. The van der Waals surface area contributed by atoms with Gasteiger partial charge in [0.2, 0.25) is 5.91 Å². The number of carbonyl (C=O) groups excluding carboxylic acids is 1. The fraction of sp³-hybridized carbons (Fsp3) is 0.857. The van der Waals surface area contributed by atoms with Gasteiger partial charge in [0.15, 0.2) is 0 Å². The van der Waals surface area contributed by atoms with Crippen LogP contribution in [0.4, 0.5) is 0 Å². The first-order valence-corrected chi connectivity index (χ1v) is 5.29. The van der Waals surface area contributed by atoms with Crippen molar-refractivity contribution in [2.24, 2.45) is 0 Å². The van der Waals surface area contributed by atoms with E-state index in [2.05, 4.69) is 34.5 Å². The molecule has 0 radical (unpaired) electrons. The molecule has 0 unspecified atom stereocenters. The summed E-state index contributed by atoms with van der Waals surface area (Å²) in [6, 6.07) is 0. The van der Waals surface area contributed by atoms with Gasteiger partial charge in [-0.1, -0.05) is 22.6 Å². The number of nitrogens with zero attached hydrogens (tertiary/aromatic N) is 2. The molecule has 0 aliphatic carbocycles. The summed E-state index contributed by atoms with van der Waals surface area (Å²) >= 11 is 2.12. The monoisotopic (exact) mass is 268 g/mol. The summed E-state index contributed by atoms with van der Waals surface area (Å²) in [5.74, 6) is 0.277. The Morgan fingerprint density at radius 1 is 1.36 bits per heavy atom. The number of piperazine rings is 1. The molecule has 1 fully saturated rings. The van der Waals surface area contributed by atoms with E-state index in [0.717, 1.165) is 26.2 Å². The largest absolute Gasteiger partial charge is 0.339 e. The predicted molar refractivity (Wildman–Crippen MR) is 53.0 cm³/mol. The van der Waals surface area contributed by atoms with Gasteiger partial charge in [-0.25, -0.2) is 0 Å². The van der Waals surface area contributed by atoms with E-state index in [-0.39, 0.29) is 5.91 Å². The molecule has 0 saturated carbocycles. The number of amides is 1. The second-order valence-corrected chi connectivity index (χ2v) is 3.58. The number of halogens is 1. The second-order valence-electron chi connectivity index (χ2n) is 2.82. The van der Waals surface area contributed by atoms with Gasteiger partial charge >= 0.3 is 0 Å². The first kappa shape index (κ1) is 9.25. The second kappa shape index (κ2) is 4.25. The van der Waals surface area contributed by atoms with Gasteiger partial charge in [0.1, 0.15) is 0 Å². The molecule has 0 aromatic rings. The van der Waals surface area contributed by atoms with Crippen LogP contribution >= 0.6 is 22.6 Å². The summed E-state index contributed by atoms with van der Waals surface area (Å²) < 4.78 is 0.613. The Hall–Kier alpha value is 0.160. The molecule has 1 aliphatic heterocycles.